The Kier molecular flexibility index (Phi) is 3.30. The summed E-state index contributed by atoms with van der Waals surface area (Å²) in [5, 5.41) is -0.359. The summed E-state index contributed by atoms with van der Waals surface area (Å²) in [6.07, 6.45) is 0. The van der Waals surface area contributed by atoms with Crippen LogP contribution in [0.3, 0.4) is 0 Å². The summed E-state index contributed by atoms with van der Waals surface area (Å²) in [6.45, 7) is 0. The molecule has 9 aromatic rings. The Morgan fingerprint density at radius 3 is 1.76 bits per heavy atom. The minimum Gasteiger partial charge on any atom is -0.0622 e. The third-order valence-electron chi connectivity index (χ3n) is 8.00. The Balaban J connectivity index is 1.55. The van der Waals surface area contributed by atoms with E-state index in [9.17, 15) is 12.3 Å². The summed E-state index contributed by atoms with van der Waals surface area (Å²) in [5.41, 5.74) is -1.40. The maximum Gasteiger partial charge on any atom is 0.0636 e. The molecule has 46 heavy (non-hydrogen) atoms. The van der Waals surface area contributed by atoms with Crippen molar-refractivity contribution >= 4 is 43.1 Å². The summed E-state index contributed by atoms with van der Waals surface area (Å²) in [5.74, 6) is 0. The van der Waals surface area contributed by atoms with E-state index < -0.39 is 136 Å². The van der Waals surface area contributed by atoms with Crippen LogP contribution in [-0.2, 0) is 0 Å². The minimum absolute atomic E-state index is 0.0447. The zero-order valence-corrected chi connectivity index (χ0v) is 23.9. The van der Waals surface area contributed by atoms with Crippen molar-refractivity contribution in [1.29, 1.82) is 0 Å². The molecule has 0 saturated carbocycles. The molecule has 0 radical (unpaired) electrons. The van der Waals surface area contributed by atoms with Crippen molar-refractivity contribution in [3.05, 3.63) is 182 Å². The molecular formula is C46H30. The number of fused-ring (bicyclic) bond motifs is 4. The van der Waals surface area contributed by atoms with Crippen LogP contribution in [0.2, 0.25) is 0 Å². The predicted molar refractivity (Wildman–Crippen MR) is 198 cm³/mol. The van der Waals surface area contributed by atoms with Gasteiger partial charge < -0.3 is 0 Å². The highest BCUT2D eigenvalue weighted by Crippen LogP contribution is 2.46. The van der Waals surface area contributed by atoms with Crippen molar-refractivity contribution in [2.45, 2.75) is 0 Å². The van der Waals surface area contributed by atoms with E-state index in [2.05, 4.69) is 0 Å². The third-order valence-corrected chi connectivity index (χ3v) is 8.00. The highest BCUT2D eigenvalue weighted by molar-refractivity contribution is 6.24. The lowest BCUT2D eigenvalue weighted by Gasteiger charge is -2.20. The molecule has 9 rings (SSSR count). The number of rotatable bonds is 4. The molecule has 0 aliphatic rings. The maximum absolute atomic E-state index is 9.93. The van der Waals surface area contributed by atoms with Crippen LogP contribution in [0, 0.1) is 0 Å². The van der Waals surface area contributed by atoms with E-state index in [0.29, 0.717) is 16.5 Å². The van der Waals surface area contributed by atoms with Crippen molar-refractivity contribution in [3.8, 4) is 44.5 Å². The predicted octanol–water partition coefficient (Wildman–Crippen LogP) is 13.0. The van der Waals surface area contributed by atoms with E-state index in [0.717, 1.165) is 5.39 Å². The lowest BCUT2D eigenvalue weighted by atomic mass is 9.83. The van der Waals surface area contributed by atoms with Crippen LogP contribution in [0.4, 0.5) is 0 Å². The second-order valence-electron chi connectivity index (χ2n) is 10.6. The van der Waals surface area contributed by atoms with Gasteiger partial charge in [0, 0.05) is 0 Å². The largest absolute Gasteiger partial charge is 0.0636 e. The Morgan fingerprint density at radius 1 is 0.304 bits per heavy atom. The molecule has 0 heteroatoms. The number of benzene rings is 9. The molecule has 0 aliphatic heterocycles. The Hall–Kier alpha value is -5.98. The van der Waals surface area contributed by atoms with Gasteiger partial charge in [0.05, 0.1) is 24.7 Å². The Labute approximate surface area is 294 Å². The van der Waals surface area contributed by atoms with Crippen LogP contribution < -0.4 is 0 Å². The summed E-state index contributed by atoms with van der Waals surface area (Å²) < 4.78 is 164. The van der Waals surface area contributed by atoms with Gasteiger partial charge in [0.15, 0.2) is 0 Å². The van der Waals surface area contributed by atoms with E-state index in [1.54, 1.807) is 54.6 Å². The van der Waals surface area contributed by atoms with E-state index in [4.69, 9.17) is 12.3 Å². The fraction of sp³-hybridized carbons (Fsp3) is 0. The topological polar surface area (TPSA) is 0 Å². The van der Waals surface area contributed by atoms with E-state index in [1.165, 1.54) is 0 Å². The van der Waals surface area contributed by atoms with Crippen molar-refractivity contribution in [2.75, 3.05) is 0 Å². The van der Waals surface area contributed by atoms with Gasteiger partial charge in [-0.05, 0) is 99.7 Å². The van der Waals surface area contributed by atoms with Gasteiger partial charge in [-0.15, -0.1) is 0 Å². The fourth-order valence-corrected chi connectivity index (χ4v) is 5.90. The summed E-state index contributed by atoms with van der Waals surface area (Å²) in [6, 6.07) is 8.41. The van der Waals surface area contributed by atoms with Gasteiger partial charge in [-0.1, -0.05) is 169 Å². The third kappa shape index (κ3) is 4.38. The van der Waals surface area contributed by atoms with E-state index in [-0.39, 0.29) is 38.2 Å². The molecule has 0 heterocycles. The molecule has 0 aliphatic carbocycles. The zero-order chi connectivity index (χ0) is 46.1. The molecule has 0 unspecified atom stereocenters. The summed E-state index contributed by atoms with van der Waals surface area (Å²) >= 11 is 0. The van der Waals surface area contributed by atoms with Crippen molar-refractivity contribution in [1.82, 2.24) is 0 Å². The second-order valence-corrected chi connectivity index (χ2v) is 10.6. The van der Waals surface area contributed by atoms with Gasteiger partial charge in [0.2, 0.25) is 0 Å². The first kappa shape index (κ1) is 14.0. The monoisotopic (exact) mass is 600 g/mol. The van der Waals surface area contributed by atoms with Crippen LogP contribution in [-0.4, -0.2) is 0 Å². The Bertz CT molecular complexity index is 3550. The van der Waals surface area contributed by atoms with Crippen LogP contribution in [0.25, 0.3) is 87.6 Å². The van der Waals surface area contributed by atoms with Crippen LogP contribution in [0.1, 0.15) is 24.7 Å². The molecule has 0 fully saturated rings. The molecule has 0 nitrogen and oxygen atoms in total. The van der Waals surface area contributed by atoms with Crippen molar-refractivity contribution in [2.24, 2.45) is 0 Å². The second kappa shape index (κ2) is 10.9. The number of hydrogen-bond acceptors (Lipinski definition) is 0. The highest BCUT2D eigenvalue weighted by atomic mass is 14.2. The van der Waals surface area contributed by atoms with Gasteiger partial charge in [0.1, 0.15) is 0 Å². The molecule has 0 atom stereocenters. The standard InChI is InChI=1S/C46H30/c1-2-11-31(12-3-1)38-27-28-43-44(30-38)45(35-24-21-33(22-25-35)37-26-23-32-13-4-5-15-36(32)29-37)41-18-8-9-19-42(41)46(43)40-20-10-16-34-14-6-7-17-39(34)40/h1-30H/i4D,5D,8D,9D,13D,15D,18D,19D,21D,22D,23D,24D,25D,26D,27D,28D,29D,30D. The van der Waals surface area contributed by atoms with E-state index >= 15 is 0 Å². The molecule has 0 aromatic heterocycles. The van der Waals surface area contributed by atoms with Crippen LogP contribution in [0.15, 0.2) is 182 Å². The SMILES string of the molecule is [2H]c1c([2H])c(-c2c3c([2H])c([2H])c([2H])c([2H])c3c(-c3cccc4ccccc34)c3c([2H])c([2H])c(-c4ccccc4)c([2H])c23)c([2H])c([2H])c1-c1c([2H])c([2H])c2c([2H])c([2H])c([2H])c([2H])c2c1[2H]. The first-order chi connectivity index (χ1) is 30.3. The molecule has 9 aromatic carbocycles. The van der Waals surface area contributed by atoms with Gasteiger partial charge in [-0.2, -0.15) is 0 Å². The molecular weight excluding hydrogens is 553 g/mol. The zero-order valence-electron chi connectivity index (χ0n) is 41.9. The van der Waals surface area contributed by atoms with Crippen LogP contribution >= 0.6 is 0 Å². The normalized spacial score (nSPS) is 17.0. The first-order valence-electron chi connectivity index (χ1n) is 23.5. The average molecular weight is 601 g/mol. The molecule has 0 bridgehead atoms. The molecule has 0 N–H and O–H groups in total. The molecule has 214 valence electrons. The minimum atomic E-state index is -0.865. The highest BCUT2D eigenvalue weighted by Gasteiger charge is 2.19. The molecule has 0 saturated heterocycles. The maximum atomic E-state index is 9.93. The average Bonchev–Trinajstić information content (AvgIpc) is 3.29. The lowest BCUT2D eigenvalue weighted by Crippen LogP contribution is -1.92. The quantitative estimate of drug-likeness (QED) is 0.176. The van der Waals surface area contributed by atoms with Crippen LogP contribution in [0.5, 0.6) is 0 Å². The first-order valence-corrected chi connectivity index (χ1v) is 14.5. The van der Waals surface area contributed by atoms with Gasteiger partial charge in [-0.3, -0.25) is 0 Å². The Morgan fingerprint density at radius 2 is 0.913 bits per heavy atom. The van der Waals surface area contributed by atoms with E-state index in [1.807, 2.05) is 18.2 Å². The number of hydrogen-bond donors (Lipinski definition) is 0. The van der Waals surface area contributed by atoms with Gasteiger partial charge in [0.25, 0.3) is 0 Å². The van der Waals surface area contributed by atoms with Gasteiger partial charge in [-0.25, -0.2) is 0 Å². The van der Waals surface area contributed by atoms with Crippen molar-refractivity contribution < 1.29 is 24.7 Å². The molecule has 0 spiro atoms. The fourth-order valence-electron chi connectivity index (χ4n) is 5.90. The smallest absolute Gasteiger partial charge is 0.0622 e. The summed E-state index contributed by atoms with van der Waals surface area (Å²) in [7, 11) is 0. The lowest BCUT2D eigenvalue weighted by molar-refractivity contribution is 1.62. The molecule has 0 amide bonds. The van der Waals surface area contributed by atoms with Gasteiger partial charge >= 0.3 is 0 Å². The summed E-state index contributed by atoms with van der Waals surface area (Å²) in [4.78, 5) is 0. The van der Waals surface area contributed by atoms with Crippen molar-refractivity contribution in [3.63, 3.8) is 0 Å².